The van der Waals surface area contributed by atoms with Crippen LogP contribution in [-0.4, -0.2) is 11.5 Å². The molecule has 0 saturated heterocycles. The van der Waals surface area contributed by atoms with E-state index in [9.17, 15) is 8.78 Å². The van der Waals surface area contributed by atoms with Gasteiger partial charge in [0.1, 0.15) is 0 Å². The molecule has 0 saturated carbocycles. The van der Waals surface area contributed by atoms with E-state index in [1.165, 1.54) is 0 Å². The summed E-state index contributed by atoms with van der Waals surface area (Å²) in [5, 5.41) is 2.93. The first-order valence-corrected chi connectivity index (χ1v) is 6.43. The van der Waals surface area contributed by atoms with Crippen LogP contribution >= 0.6 is 0 Å². The molecule has 1 aromatic rings. The van der Waals surface area contributed by atoms with Gasteiger partial charge in [-0.05, 0) is 17.8 Å². The summed E-state index contributed by atoms with van der Waals surface area (Å²) in [6, 6.07) is 0.768. The van der Waals surface area contributed by atoms with E-state index in [1.54, 1.807) is 0 Å². The van der Waals surface area contributed by atoms with Crippen LogP contribution in [0, 0.1) is 29.4 Å². The van der Waals surface area contributed by atoms with Crippen molar-refractivity contribution < 1.29 is 8.78 Å². The van der Waals surface area contributed by atoms with Crippen LogP contribution in [-0.2, 0) is 0 Å². The van der Waals surface area contributed by atoms with Crippen LogP contribution < -0.4 is 16.6 Å². The van der Waals surface area contributed by atoms with Gasteiger partial charge >= 0.3 is 0 Å². The number of hydrogen-bond donors (Lipinski definition) is 3. The number of rotatable bonds is 6. The van der Waals surface area contributed by atoms with Crippen molar-refractivity contribution in [1.82, 2.24) is 4.98 Å². The highest BCUT2D eigenvalue weighted by Gasteiger charge is 2.19. The van der Waals surface area contributed by atoms with Gasteiger partial charge < -0.3 is 10.7 Å². The van der Waals surface area contributed by atoms with Gasteiger partial charge in [0.2, 0.25) is 0 Å². The molecule has 1 aromatic heterocycles. The number of nitrogen functional groups attached to an aromatic ring is 1. The Bertz CT molecular complexity index is 413. The maximum atomic E-state index is 13.6. The summed E-state index contributed by atoms with van der Waals surface area (Å²) < 4.78 is 26.8. The Hall–Kier alpha value is -1.43. The first-order chi connectivity index (χ1) is 8.86. The summed E-state index contributed by atoms with van der Waals surface area (Å²) in [7, 11) is 0. The molecule has 4 nitrogen and oxygen atoms in total. The Morgan fingerprint density at radius 3 is 2.11 bits per heavy atom. The van der Waals surface area contributed by atoms with Crippen molar-refractivity contribution in [2.45, 2.75) is 27.7 Å². The Morgan fingerprint density at radius 2 is 1.63 bits per heavy atom. The van der Waals surface area contributed by atoms with Crippen molar-refractivity contribution in [3.63, 3.8) is 0 Å². The normalized spacial score (nSPS) is 11.5. The van der Waals surface area contributed by atoms with Gasteiger partial charge in [-0.3, -0.25) is 0 Å². The monoisotopic (exact) mass is 272 g/mol. The lowest BCUT2D eigenvalue weighted by Gasteiger charge is -2.25. The molecule has 0 unspecified atom stereocenters. The first kappa shape index (κ1) is 15.6. The van der Waals surface area contributed by atoms with E-state index in [4.69, 9.17) is 5.84 Å². The van der Waals surface area contributed by atoms with Gasteiger partial charge in [-0.25, -0.2) is 19.6 Å². The topological polar surface area (TPSA) is 63.0 Å². The molecule has 108 valence electrons. The smallest absolute Gasteiger partial charge is 0.178 e. The number of nitrogens with zero attached hydrogens (tertiary/aromatic N) is 1. The Morgan fingerprint density at radius 1 is 1.11 bits per heavy atom. The number of nitrogens with two attached hydrogens (primary N) is 1. The van der Waals surface area contributed by atoms with Crippen molar-refractivity contribution in [2.24, 2.45) is 23.6 Å². The van der Waals surface area contributed by atoms with Crippen LogP contribution in [0.5, 0.6) is 0 Å². The molecule has 4 N–H and O–H groups in total. The summed E-state index contributed by atoms with van der Waals surface area (Å²) in [5.74, 6) is 4.73. The van der Waals surface area contributed by atoms with Crippen molar-refractivity contribution in [2.75, 3.05) is 17.3 Å². The van der Waals surface area contributed by atoms with Crippen LogP contribution in [0.4, 0.5) is 20.4 Å². The van der Waals surface area contributed by atoms with Crippen LogP contribution in [0.25, 0.3) is 0 Å². The number of aromatic nitrogens is 1. The van der Waals surface area contributed by atoms with Crippen molar-refractivity contribution in [3.8, 4) is 0 Å². The van der Waals surface area contributed by atoms with E-state index in [2.05, 4.69) is 43.4 Å². The third-order valence-electron chi connectivity index (χ3n) is 3.28. The highest BCUT2D eigenvalue weighted by Crippen LogP contribution is 2.23. The highest BCUT2D eigenvalue weighted by molar-refractivity contribution is 5.46. The average Bonchev–Trinajstić information content (AvgIpc) is 2.31. The SMILES string of the molecule is CC(C)C(CNc1nc(NN)c(F)cc1F)C(C)C. The van der Waals surface area contributed by atoms with Gasteiger partial charge in [-0.1, -0.05) is 27.7 Å². The fourth-order valence-corrected chi connectivity index (χ4v) is 2.15. The summed E-state index contributed by atoms with van der Waals surface area (Å²) in [6.07, 6.45) is 0. The van der Waals surface area contributed by atoms with Gasteiger partial charge in [-0.2, -0.15) is 0 Å². The van der Waals surface area contributed by atoms with E-state index in [-0.39, 0.29) is 11.6 Å². The summed E-state index contributed by atoms with van der Waals surface area (Å²) >= 11 is 0. The molecule has 0 amide bonds. The lowest BCUT2D eigenvalue weighted by molar-refractivity contribution is 0.304. The molecule has 6 heteroatoms. The van der Waals surface area contributed by atoms with E-state index in [0.29, 0.717) is 24.3 Å². The molecule has 0 atom stereocenters. The highest BCUT2D eigenvalue weighted by atomic mass is 19.1. The predicted molar refractivity (Wildman–Crippen MR) is 73.6 cm³/mol. The predicted octanol–water partition coefficient (Wildman–Crippen LogP) is 2.99. The van der Waals surface area contributed by atoms with Gasteiger partial charge in [-0.15, -0.1) is 0 Å². The molecule has 19 heavy (non-hydrogen) atoms. The second kappa shape index (κ2) is 6.65. The van der Waals surface area contributed by atoms with Gasteiger partial charge in [0, 0.05) is 12.6 Å². The second-order valence-electron chi connectivity index (χ2n) is 5.33. The number of hydrogen-bond acceptors (Lipinski definition) is 4. The summed E-state index contributed by atoms with van der Waals surface area (Å²) in [6.45, 7) is 9.05. The van der Waals surface area contributed by atoms with Crippen LogP contribution in [0.2, 0.25) is 0 Å². The minimum Gasteiger partial charge on any atom is -0.367 e. The molecule has 0 aliphatic rings. The van der Waals surface area contributed by atoms with Gasteiger partial charge in [0.05, 0.1) is 0 Å². The minimum atomic E-state index is -0.810. The third-order valence-corrected chi connectivity index (χ3v) is 3.28. The molecule has 0 spiro atoms. The van der Waals surface area contributed by atoms with Crippen LogP contribution in [0.15, 0.2) is 6.07 Å². The zero-order valence-electron chi connectivity index (χ0n) is 11.8. The van der Waals surface area contributed by atoms with Crippen LogP contribution in [0.3, 0.4) is 0 Å². The van der Waals surface area contributed by atoms with Crippen LogP contribution in [0.1, 0.15) is 27.7 Å². The lowest BCUT2D eigenvalue weighted by Crippen LogP contribution is -2.25. The largest absolute Gasteiger partial charge is 0.367 e. The molecule has 1 heterocycles. The van der Waals surface area contributed by atoms with Gasteiger partial charge in [0.15, 0.2) is 23.3 Å². The number of pyridine rings is 1. The number of hydrazine groups is 1. The van der Waals surface area contributed by atoms with Gasteiger partial charge in [0.25, 0.3) is 0 Å². The molecule has 0 fully saturated rings. The number of nitrogens with one attached hydrogen (secondary N) is 2. The number of anilines is 2. The minimum absolute atomic E-state index is 0.0145. The number of halogens is 2. The van der Waals surface area contributed by atoms with Crippen molar-refractivity contribution >= 4 is 11.6 Å². The van der Waals surface area contributed by atoms with E-state index < -0.39 is 11.6 Å². The maximum absolute atomic E-state index is 13.6. The molecule has 0 radical (unpaired) electrons. The lowest BCUT2D eigenvalue weighted by atomic mass is 9.85. The molecular weight excluding hydrogens is 250 g/mol. The third kappa shape index (κ3) is 4.02. The second-order valence-corrected chi connectivity index (χ2v) is 5.33. The van der Waals surface area contributed by atoms with Crippen molar-refractivity contribution in [1.29, 1.82) is 0 Å². The fraction of sp³-hybridized carbons (Fsp3) is 0.615. The Balaban J connectivity index is 2.82. The zero-order valence-corrected chi connectivity index (χ0v) is 11.8. The summed E-state index contributed by atoms with van der Waals surface area (Å²) in [4.78, 5) is 3.78. The average molecular weight is 272 g/mol. The first-order valence-electron chi connectivity index (χ1n) is 6.43. The molecule has 0 aliphatic carbocycles. The molecule has 1 rings (SSSR count). The van der Waals surface area contributed by atoms with E-state index >= 15 is 0 Å². The quantitative estimate of drug-likeness (QED) is 0.550. The standard InChI is InChI=1S/C13H22F2N4/c1-7(2)9(8(3)4)6-17-12-10(14)5-11(15)13(18-12)19-16/h5,7-9H,6,16H2,1-4H3,(H2,17,18,19). The maximum Gasteiger partial charge on any atom is 0.178 e. The molecule has 0 aliphatic heterocycles. The van der Waals surface area contributed by atoms with E-state index in [1.807, 2.05) is 0 Å². The molecule has 0 bridgehead atoms. The Kier molecular flexibility index (Phi) is 5.47. The van der Waals surface area contributed by atoms with Crippen molar-refractivity contribution in [3.05, 3.63) is 17.7 Å². The van der Waals surface area contributed by atoms with E-state index in [0.717, 1.165) is 6.07 Å². The fourth-order valence-electron chi connectivity index (χ4n) is 2.15. The molecule has 0 aromatic carbocycles. The summed E-state index contributed by atoms with van der Waals surface area (Å²) in [5.41, 5.74) is 2.10. The Labute approximate surface area is 112 Å². The molecular formula is C13H22F2N4. The zero-order chi connectivity index (χ0) is 14.6.